The molecule has 10 nitrogen and oxygen atoms in total. The van der Waals surface area contributed by atoms with E-state index in [1.165, 1.54) is 6.08 Å². The second-order valence-electron chi connectivity index (χ2n) is 10.3. The molecule has 0 spiro atoms. The summed E-state index contributed by atoms with van der Waals surface area (Å²) in [5.41, 5.74) is 5.71. The van der Waals surface area contributed by atoms with Crippen molar-refractivity contribution >= 4 is 17.9 Å². The average Bonchev–Trinajstić information content (AvgIpc) is 3.46. The van der Waals surface area contributed by atoms with E-state index in [9.17, 15) is 9.90 Å². The number of nitrogens with one attached hydrogen (secondary N) is 1. The first-order valence-corrected chi connectivity index (χ1v) is 15.0. The summed E-state index contributed by atoms with van der Waals surface area (Å²) < 4.78 is 19.9. The summed E-state index contributed by atoms with van der Waals surface area (Å²) in [7, 11) is 1.82. The SMILES string of the molecule is C=CCOC(=O)NCc1cccc(-c2cccc([C@H]3O[C@@H](CSc4nnnn4C)[C@@H](C)[C@@H](c4ccc(CO)cc4)O3)c2)c1. The molecule has 0 radical (unpaired) electrons. The van der Waals surface area contributed by atoms with E-state index < -0.39 is 12.4 Å². The lowest BCUT2D eigenvalue weighted by atomic mass is 9.91. The Hall–Kier alpha value is -4.03. The normalized spacial score (nSPS) is 20.0. The van der Waals surface area contributed by atoms with Crippen molar-refractivity contribution < 1.29 is 24.1 Å². The zero-order chi connectivity index (χ0) is 30.2. The van der Waals surface area contributed by atoms with Crippen LogP contribution in [0, 0.1) is 5.92 Å². The lowest BCUT2D eigenvalue weighted by molar-refractivity contribution is -0.268. The molecule has 1 amide bonds. The summed E-state index contributed by atoms with van der Waals surface area (Å²) in [6, 6.07) is 24.0. The highest BCUT2D eigenvalue weighted by atomic mass is 32.2. The third kappa shape index (κ3) is 7.68. The summed E-state index contributed by atoms with van der Waals surface area (Å²) in [6.07, 6.45) is 0.0536. The second-order valence-corrected chi connectivity index (χ2v) is 11.3. The van der Waals surface area contributed by atoms with Gasteiger partial charge in [-0.15, -0.1) is 5.10 Å². The van der Waals surface area contributed by atoms with E-state index in [1.54, 1.807) is 16.4 Å². The van der Waals surface area contributed by atoms with Gasteiger partial charge in [-0.25, -0.2) is 9.48 Å². The minimum absolute atomic E-state index is 0.0124. The summed E-state index contributed by atoms with van der Waals surface area (Å²) in [5, 5.41) is 24.8. The highest BCUT2D eigenvalue weighted by Gasteiger charge is 2.38. The molecule has 1 saturated heterocycles. The molecule has 5 rings (SSSR count). The third-order valence-corrected chi connectivity index (χ3v) is 8.37. The fourth-order valence-electron chi connectivity index (χ4n) is 4.90. The van der Waals surface area contributed by atoms with E-state index in [-0.39, 0.29) is 31.3 Å². The van der Waals surface area contributed by atoms with Gasteiger partial charge in [0.25, 0.3) is 0 Å². The van der Waals surface area contributed by atoms with Crippen LogP contribution >= 0.6 is 11.8 Å². The van der Waals surface area contributed by atoms with Crippen LogP contribution in [0.15, 0.2) is 90.6 Å². The molecule has 4 aromatic rings. The molecule has 0 aliphatic carbocycles. The number of aryl methyl sites for hydroxylation is 1. The Labute approximate surface area is 255 Å². The number of thioether (sulfide) groups is 1. The third-order valence-electron chi connectivity index (χ3n) is 7.27. The van der Waals surface area contributed by atoms with Crippen LogP contribution in [0.25, 0.3) is 11.1 Å². The Morgan fingerprint density at radius 3 is 2.56 bits per heavy atom. The molecule has 4 atom stereocenters. The van der Waals surface area contributed by atoms with E-state index in [0.717, 1.165) is 33.4 Å². The zero-order valence-electron chi connectivity index (χ0n) is 24.1. The van der Waals surface area contributed by atoms with Crippen LogP contribution in [0.4, 0.5) is 4.79 Å². The van der Waals surface area contributed by atoms with Gasteiger partial charge in [-0.1, -0.05) is 92.0 Å². The van der Waals surface area contributed by atoms with Gasteiger partial charge in [0.1, 0.15) is 6.61 Å². The fraction of sp³-hybridized carbons (Fsp3) is 0.312. The summed E-state index contributed by atoms with van der Waals surface area (Å²) >= 11 is 1.55. The predicted octanol–water partition coefficient (Wildman–Crippen LogP) is 5.37. The minimum atomic E-state index is -0.605. The lowest BCUT2D eigenvalue weighted by Gasteiger charge is -2.41. The molecular weight excluding hydrogens is 566 g/mol. The fourth-order valence-corrected chi connectivity index (χ4v) is 5.91. The Morgan fingerprint density at radius 2 is 1.84 bits per heavy atom. The molecule has 1 aliphatic heterocycles. The molecular formula is C32H35N5O5S. The largest absolute Gasteiger partial charge is 0.445 e. The number of carbonyl (C=O) groups is 1. The van der Waals surface area contributed by atoms with Crippen molar-refractivity contribution in [3.05, 3.63) is 108 Å². The zero-order valence-corrected chi connectivity index (χ0v) is 24.9. The number of aliphatic hydroxyl groups is 1. The quantitative estimate of drug-likeness (QED) is 0.173. The number of ether oxygens (including phenoxy) is 3. The van der Waals surface area contributed by atoms with E-state index in [4.69, 9.17) is 14.2 Å². The summed E-state index contributed by atoms with van der Waals surface area (Å²) in [5.74, 6) is 0.681. The number of carbonyl (C=O) groups excluding carboxylic acids is 1. The molecule has 1 aromatic heterocycles. The van der Waals surface area contributed by atoms with E-state index in [0.29, 0.717) is 17.5 Å². The molecule has 1 aliphatic rings. The van der Waals surface area contributed by atoms with Crippen molar-refractivity contribution in [1.29, 1.82) is 0 Å². The van der Waals surface area contributed by atoms with Crippen molar-refractivity contribution in [3.63, 3.8) is 0 Å². The molecule has 0 unspecified atom stereocenters. The second kappa shape index (κ2) is 14.4. The predicted molar refractivity (Wildman–Crippen MR) is 163 cm³/mol. The monoisotopic (exact) mass is 601 g/mol. The molecule has 11 heteroatoms. The number of rotatable bonds is 11. The smallest absolute Gasteiger partial charge is 0.407 e. The molecule has 0 bridgehead atoms. The van der Waals surface area contributed by atoms with Crippen LogP contribution in [-0.2, 0) is 34.4 Å². The Morgan fingerprint density at radius 1 is 1.07 bits per heavy atom. The molecule has 1 fully saturated rings. The van der Waals surface area contributed by atoms with Crippen molar-refractivity contribution in [2.75, 3.05) is 12.4 Å². The van der Waals surface area contributed by atoms with Crippen LogP contribution in [0.1, 0.15) is 41.6 Å². The summed E-state index contributed by atoms with van der Waals surface area (Å²) in [4.78, 5) is 11.9. The summed E-state index contributed by atoms with van der Waals surface area (Å²) in [6.45, 7) is 6.17. The van der Waals surface area contributed by atoms with Gasteiger partial charge >= 0.3 is 6.09 Å². The number of alkyl carbamates (subject to hydrolysis) is 1. The first-order valence-electron chi connectivity index (χ1n) is 14.0. The number of hydrogen-bond donors (Lipinski definition) is 2. The maximum absolute atomic E-state index is 11.9. The van der Waals surface area contributed by atoms with Crippen molar-refractivity contribution in [2.24, 2.45) is 13.0 Å². The van der Waals surface area contributed by atoms with Gasteiger partial charge in [-0.3, -0.25) is 0 Å². The first kappa shape index (κ1) is 30.4. The van der Waals surface area contributed by atoms with Crippen molar-refractivity contribution in [2.45, 2.75) is 43.7 Å². The Bertz CT molecular complexity index is 1530. The molecule has 0 saturated carbocycles. The number of nitrogens with zero attached hydrogens (tertiary/aromatic N) is 4. The maximum atomic E-state index is 11.9. The Kier molecular flexibility index (Phi) is 10.2. The number of aliphatic hydroxyl groups excluding tert-OH is 1. The first-order chi connectivity index (χ1) is 20.9. The molecule has 2 N–H and O–H groups in total. The topological polar surface area (TPSA) is 121 Å². The highest BCUT2D eigenvalue weighted by molar-refractivity contribution is 7.99. The minimum Gasteiger partial charge on any atom is -0.445 e. The van der Waals surface area contributed by atoms with E-state index in [2.05, 4.69) is 40.4 Å². The van der Waals surface area contributed by atoms with Gasteiger partial charge in [0.15, 0.2) is 6.29 Å². The maximum Gasteiger partial charge on any atom is 0.407 e. The van der Waals surface area contributed by atoms with Gasteiger partial charge < -0.3 is 24.6 Å². The van der Waals surface area contributed by atoms with Crippen LogP contribution in [0.2, 0.25) is 0 Å². The van der Waals surface area contributed by atoms with Crippen LogP contribution in [0.3, 0.4) is 0 Å². The van der Waals surface area contributed by atoms with Gasteiger partial charge in [-0.05, 0) is 50.4 Å². The van der Waals surface area contributed by atoms with Gasteiger partial charge in [0.2, 0.25) is 5.16 Å². The van der Waals surface area contributed by atoms with Crippen LogP contribution in [-0.4, -0.2) is 49.9 Å². The molecule has 3 aromatic carbocycles. The number of aromatic nitrogens is 4. The van der Waals surface area contributed by atoms with Gasteiger partial charge in [-0.2, -0.15) is 0 Å². The van der Waals surface area contributed by atoms with Crippen molar-refractivity contribution in [1.82, 2.24) is 25.5 Å². The lowest BCUT2D eigenvalue weighted by Crippen LogP contribution is -2.38. The number of tetrazole rings is 1. The van der Waals surface area contributed by atoms with Crippen LogP contribution < -0.4 is 5.32 Å². The Balaban J connectivity index is 1.37. The standard InChI is InChI=1S/C32H35N5O5S/c1-4-15-40-32(39)33-18-23-7-5-8-25(16-23)26-9-6-10-27(17-26)30-41-28(20-43-31-34-35-36-37(31)3)21(2)29(42-30)24-13-11-22(19-38)12-14-24/h4-14,16-17,21,28-30,38H,1,15,18-20H2,2-3H3,(H,33,39)/t21-,28+,29+,30+/m1/s1. The molecule has 43 heavy (non-hydrogen) atoms. The molecule has 2 heterocycles. The number of benzene rings is 3. The van der Waals surface area contributed by atoms with E-state index in [1.807, 2.05) is 73.8 Å². The molecule has 224 valence electrons. The van der Waals surface area contributed by atoms with Gasteiger partial charge in [0, 0.05) is 30.8 Å². The highest BCUT2D eigenvalue weighted by Crippen LogP contribution is 2.43. The number of amides is 1. The number of hydrogen-bond acceptors (Lipinski definition) is 9. The van der Waals surface area contributed by atoms with Gasteiger partial charge in [0.05, 0.1) is 18.8 Å². The van der Waals surface area contributed by atoms with E-state index >= 15 is 0 Å². The average molecular weight is 602 g/mol. The van der Waals surface area contributed by atoms with Crippen molar-refractivity contribution in [3.8, 4) is 11.1 Å². The van der Waals surface area contributed by atoms with Crippen LogP contribution in [0.5, 0.6) is 0 Å².